The lowest BCUT2D eigenvalue weighted by molar-refractivity contribution is -0.0328. The van der Waals surface area contributed by atoms with E-state index in [2.05, 4.69) is 0 Å². The summed E-state index contributed by atoms with van der Waals surface area (Å²) in [6.07, 6.45) is 0. The van der Waals surface area contributed by atoms with Gasteiger partial charge in [-0.15, -0.1) is 0 Å². The van der Waals surface area contributed by atoms with E-state index in [1.807, 2.05) is 30.0 Å². The third kappa shape index (κ3) is 6.16. The molecule has 0 atom stereocenters. The van der Waals surface area contributed by atoms with Crippen molar-refractivity contribution in [1.82, 2.24) is 4.90 Å². The van der Waals surface area contributed by atoms with Crippen molar-refractivity contribution in [3.8, 4) is 0 Å². The summed E-state index contributed by atoms with van der Waals surface area (Å²) in [6.45, 7) is 3.69. The van der Waals surface area contributed by atoms with Gasteiger partial charge in [0, 0.05) is 24.5 Å². The van der Waals surface area contributed by atoms with Gasteiger partial charge in [-0.2, -0.15) is 13.2 Å². The molecule has 0 bridgehead atoms. The molecule has 0 aliphatic rings. The molecule has 6 heteroatoms. The molecule has 0 saturated heterocycles. The van der Waals surface area contributed by atoms with Gasteiger partial charge >= 0.3 is 5.51 Å². The lowest BCUT2D eigenvalue weighted by Crippen LogP contribution is -2.26. The summed E-state index contributed by atoms with van der Waals surface area (Å²) in [5.74, 6) is 0.0552. The summed E-state index contributed by atoms with van der Waals surface area (Å²) < 4.78 is 36.1. The van der Waals surface area contributed by atoms with Gasteiger partial charge in [0.1, 0.15) is 0 Å². The van der Waals surface area contributed by atoms with E-state index in [-0.39, 0.29) is 17.5 Å². The highest BCUT2D eigenvalue weighted by Crippen LogP contribution is 2.29. The Hall–Kier alpha value is -0.880. The molecule has 0 aliphatic heterocycles. The first-order valence-electron chi connectivity index (χ1n) is 5.68. The molecule has 0 saturated carbocycles. The summed E-state index contributed by atoms with van der Waals surface area (Å²) in [5.41, 5.74) is 3.22. The fourth-order valence-corrected chi connectivity index (χ4v) is 2.17. The van der Waals surface area contributed by atoms with Gasteiger partial charge in [-0.05, 0) is 36.0 Å². The fraction of sp³-hybridized carbons (Fsp3) is 0.500. The Bertz CT molecular complexity index is 369. The predicted octanol–water partition coefficient (Wildman–Crippen LogP) is 3.34. The van der Waals surface area contributed by atoms with Crippen molar-refractivity contribution in [3.63, 3.8) is 0 Å². The average molecular weight is 278 g/mol. The van der Waals surface area contributed by atoms with Crippen LogP contribution in [0.25, 0.3) is 0 Å². The van der Waals surface area contributed by atoms with Crippen molar-refractivity contribution in [1.29, 1.82) is 0 Å². The Morgan fingerprint density at radius 2 is 2.06 bits per heavy atom. The van der Waals surface area contributed by atoms with Crippen LogP contribution in [0.4, 0.5) is 18.9 Å². The zero-order valence-electron chi connectivity index (χ0n) is 10.2. The van der Waals surface area contributed by atoms with Crippen LogP contribution in [0.1, 0.15) is 12.5 Å². The Morgan fingerprint density at radius 1 is 1.33 bits per heavy atom. The van der Waals surface area contributed by atoms with E-state index in [0.717, 1.165) is 5.56 Å². The highest BCUT2D eigenvalue weighted by Gasteiger charge is 2.27. The summed E-state index contributed by atoms with van der Waals surface area (Å²) >= 11 is 0.0246. The normalized spacial score (nSPS) is 12.1. The van der Waals surface area contributed by atoms with Crippen LogP contribution in [-0.2, 0) is 6.54 Å². The molecule has 0 fully saturated rings. The molecule has 102 valence electrons. The van der Waals surface area contributed by atoms with Crippen LogP contribution >= 0.6 is 11.8 Å². The number of anilines is 1. The van der Waals surface area contributed by atoms with Crippen molar-refractivity contribution in [3.05, 3.63) is 29.8 Å². The predicted molar refractivity (Wildman–Crippen MR) is 70.3 cm³/mol. The Balaban J connectivity index is 2.42. The number of nitrogens with two attached hydrogens (primary N) is 1. The van der Waals surface area contributed by atoms with Crippen LogP contribution in [0.5, 0.6) is 0 Å². The molecule has 0 amide bonds. The molecule has 1 rings (SSSR count). The molecule has 1 aromatic carbocycles. The largest absolute Gasteiger partial charge is 0.441 e. The average Bonchev–Trinajstić information content (AvgIpc) is 2.26. The Morgan fingerprint density at radius 3 is 2.61 bits per heavy atom. The number of nitrogen functional groups attached to an aromatic ring is 1. The molecular formula is C12H17F3N2S. The van der Waals surface area contributed by atoms with Gasteiger partial charge in [0.25, 0.3) is 0 Å². The standard InChI is InChI=1S/C12H17F3N2S/c1-2-17(6-7-18-12(13,14)15)9-10-4-3-5-11(16)8-10/h3-5,8H,2,6-7,9,16H2,1H3. The van der Waals surface area contributed by atoms with Crippen LogP contribution in [0.3, 0.4) is 0 Å². The van der Waals surface area contributed by atoms with Gasteiger partial charge < -0.3 is 5.73 Å². The number of nitrogens with zero attached hydrogens (tertiary/aromatic N) is 1. The lowest BCUT2D eigenvalue weighted by Gasteiger charge is -2.20. The second-order valence-corrected chi connectivity index (χ2v) is 5.07. The first-order chi connectivity index (χ1) is 8.40. The topological polar surface area (TPSA) is 29.3 Å². The minimum absolute atomic E-state index is 0.0246. The highest BCUT2D eigenvalue weighted by molar-refractivity contribution is 8.00. The molecule has 18 heavy (non-hydrogen) atoms. The highest BCUT2D eigenvalue weighted by atomic mass is 32.2. The summed E-state index contributed by atoms with van der Waals surface area (Å²) in [7, 11) is 0. The first-order valence-corrected chi connectivity index (χ1v) is 6.66. The van der Waals surface area contributed by atoms with Crippen LogP contribution in [0.2, 0.25) is 0 Å². The van der Waals surface area contributed by atoms with Crippen molar-refractivity contribution in [2.24, 2.45) is 0 Å². The molecule has 0 aromatic heterocycles. The van der Waals surface area contributed by atoms with Crippen LogP contribution in [0.15, 0.2) is 24.3 Å². The van der Waals surface area contributed by atoms with Crippen LogP contribution in [0, 0.1) is 0 Å². The zero-order chi connectivity index (χ0) is 13.6. The Labute approximate surface area is 109 Å². The van der Waals surface area contributed by atoms with Gasteiger partial charge in [0.05, 0.1) is 0 Å². The molecular weight excluding hydrogens is 261 g/mol. The molecule has 0 heterocycles. The molecule has 0 aliphatic carbocycles. The SMILES string of the molecule is CCN(CCSC(F)(F)F)Cc1cccc(N)c1. The smallest absolute Gasteiger partial charge is 0.399 e. The third-order valence-corrected chi connectivity index (χ3v) is 3.19. The monoisotopic (exact) mass is 278 g/mol. The van der Waals surface area contributed by atoms with Gasteiger partial charge in [-0.1, -0.05) is 19.1 Å². The van der Waals surface area contributed by atoms with Gasteiger partial charge in [-0.3, -0.25) is 4.90 Å². The third-order valence-electron chi connectivity index (χ3n) is 2.48. The van der Waals surface area contributed by atoms with E-state index in [1.165, 1.54) is 0 Å². The zero-order valence-corrected chi connectivity index (χ0v) is 11.0. The number of halogens is 3. The quantitative estimate of drug-likeness (QED) is 0.809. The number of hydrogen-bond donors (Lipinski definition) is 1. The van der Waals surface area contributed by atoms with E-state index < -0.39 is 5.51 Å². The van der Waals surface area contributed by atoms with Gasteiger partial charge in [0.2, 0.25) is 0 Å². The molecule has 2 N–H and O–H groups in total. The van der Waals surface area contributed by atoms with Gasteiger partial charge in [0.15, 0.2) is 0 Å². The van der Waals surface area contributed by atoms with Crippen molar-refractivity contribution >= 4 is 17.4 Å². The van der Waals surface area contributed by atoms with Crippen molar-refractivity contribution in [2.45, 2.75) is 19.0 Å². The van der Waals surface area contributed by atoms with Gasteiger partial charge in [-0.25, -0.2) is 0 Å². The minimum Gasteiger partial charge on any atom is -0.399 e. The summed E-state index contributed by atoms with van der Waals surface area (Å²) in [6, 6.07) is 7.41. The van der Waals surface area contributed by atoms with E-state index in [4.69, 9.17) is 5.73 Å². The van der Waals surface area contributed by atoms with Crippen LogP contribution in [-0.4, -0.2) is 29.3 Å². The molecule has 0 unspecified atom stereocenters. The minimum atomic E-state index is -4.14. The number of benzene rings is 1. The lowest BCUT2D eigenvalue weighted by atomic mass is 10.2. The molecule has 1 aromatic rings. The van der Waals surface area contributed by atoms with E-state index in [0.29, 0.717) is 25.3 Å². The molecule has 0 radical (unpaired) electrons. The molecule has 0 spiro atoms. The summed E-state index contributed by atoms with van der Waals surface area (Å²) in [5, 5.41) is 0. The first kappa shape index (κ1) is 15.2. The number of thioether (sulfide) groups is 1. The second-order valence-electron chi connectivity index (χ2n) is 3.91. The maximum atomic E-state index is 12.0. The van der Waals surface area contributed by atoms with E-state index >= 15 is 0 Å². The van der Waals surface area contributed by atoms with Crippen molar-refractivity contribution in [2.75, 3.05) is 24.6 Å². The number of hydrogen-bond acceptors (Lipinski definition) is 3. The van der Waals surface area contributed by atoms with E-state index in [1.54, 1.807) is 6.07 Å². The number of alkyl halides is 3. The maximum Gasteiger partial charge on any atom is 0.441 e. The second kappa shape index (κ2) is 6.89. The van der Waals surface area contributed by atoms with Crippen molar-refractivity contribution < 1.29 is 13.2 Å². The maximum absolute atomic E-state index is 12.0. The van der Waals surface area contributed by atoms with Crippen LogP contribution < -0.4 is 5.73 Å². The molecule has 2 nitrogen and oxygen atoms in total. The fourth-order valence-electron chi connectivity index (χ4n) is 1.59. The summed E-state index contributed by atoms with van der Waals surface area (Å²) in [4.78, 5) is 1.97. The van der Waals surface area contributed by atoms with E-state index in [9.17, 15) is 13.2 Å². The Kier molecular flexibility index (Phi) is 5.81. The number of rotatable bonds is 6.